The third-order valence-electron chi connectivity index (χ3n) is 4.99. The van der Waals surface area contributed by atoms with Crippen molar-refractivity contribution >= 4 is 22.5 Å². The van der Waals surface area contributed by atoms with Gasteiger partial charge in [-0.25, -0.2) is 4.98 Å². The quantitative estimate of drug-likeness (QED) is 0.493. The Balaban J connectivity index is 1.32. The van der Waals surface area contributed by atoms with E-state index in [0.29, 0.717) is 12.2 Å². The zero-order valence-corrected chi connectivity index (χ0v) is 16.4. The molecule has 0 saturated heterocycles. The van der Waals surface area contributed by atoms with Crippen LogP contribution in [0.4, 0.5) is 5.69 Å². The number of nitrogens with zero attached hydrogens (tertiary/aromatic N) is 2. The van der Waals surface area contributed by atoms with E-state index in [0.717, 1.165) is 29.7 Å². The minimum Gasteiger partial charge on any atom is -0.383 e. The van der Waals surface area contributed by atoms with E-state index < -0.39 is 0 Å². The average molecular weight is 384 g/mol. The van der Waals surface area contributed by atoms with Gasteiger partial charge in [0.2, 0.25) is 0 Å². The summed E-state index contributed by atoms with van der Waals surface area (Å²) in [7, 11) is 1.80. The molecule has 0 aliphatic heterocycles. The van der Waals surface area contributed by atoms with Gasteiger partial charge in [-0.1, -0.05) is 48.5 Å². The van der Waals surface area contributed by atoms with E-state index in [1.165, 1.54) is 10.9 Å². The second-order valence-corrected chi connectivity index (χ2v) is 7.12. The number of rotatable bonds is 7. The Morgan fingerprint density at radius 3 is 2.62 bits per heavy atom. The second-order valence-electron chi connectivity index (χ2n) is 7.12. The smallest absolute Gasteiger partial charge is 0.272 e. The number of H-pyrrole nitrogens is 1. The first-order valence-electron chi connectivity index (χ1n) is 9.75. The first-order chi connectivity index (χ1) is 14.2. The molecule has 0 radical (unpaired) electrons. The molecule has 0 unspecified atom stereocenters. The lowest BCUT2D eigenvalue weighted by Crippen LogP contribution is -2.27. The van der Waals surface area contributed by atoms with Crippen LogP contribution in [0.25, 0.3) is 10.9 Å². The van der Waals surface area contributed by atoms with Crippen molar-refractivity contribution < 1.29 is 4.79 Å². The highest BCUT2D eigenvalue weighted by Crippen LogP contribution is 2.18. The molecule has 4 aromatic rings. The molecule has 1 amide bonds. The van der Waals surface area contributed by atoms with Crippen LogP contribution in [0.15, 0.2) is 79.1 Å². The van der Waals surface area contributed by atoms with Crippen molar-refractivity contribution in [3.05, 3.63) is 95.9 Å². The van der Waals surface area contributed by atoms with Gasteiger partial charge in [0.05, 0.1) is 11.9 Å². The number of aromatic nitrogens is 2. The first kappa shape index (κ1) is 18.7. The summed E-state index contributed by atoms with van der Waals surface area (Å²) in [4.78, 5) is 21.9. The lowest BCUT2D eigenvalue weighted by atomic mass is 10.1. The Morgan fingerprint density at radius 2 is 1.83 bits per heavy atom. The standard InChI is InChI=1S/C24H24N4O/c1-28(17-18-7-3-2-4-8-18)24(29)23-12-11-20(16-27-23)25-14-13-19-15-26-22-10-6-5-9-21(19)22/h2-12,15-16,25-26H,13-14,17H2,1H3. The summed E-state index contributed by atoms with van der Waals surface area (Å²) in [5, 5.41) is 4.64. The van der Waals surface area contributed by atoms with Crippen molar-refractivity contribution in [3.63, 3.8) is 0 Å². The molecule has 146 valence electrons. The predicted octanol–water partition coefficient (Wildman–Crippen LogP) is 4.49. The molecule has 5 nitrogen and oxygen atoms in total. The number of hydrogen-bond acceptors (Lipinski definition) is 3. The summed E-state index contributed by atoms with van der Waals surface area (Å²) < 4.78 is 0. The van der Waals surface area contributed by atoms with Gasteiger partial charge in [-0.05, 0) is 35.7 Å². The van der Waals surface area contributed by atoms with Crippen molar-refractivity contribution in [2.75, 3.05) is 18.9 Å². The maximum absolute atomic E-state index is 12.6. The fraction of sp³-hybridized carbons (Fsp3) is 0.167. The van der Waals surface area contributed by atoms with E-state index in [2.05, 4.69) is 39.7 Å². The van der Waals surface area contributed by atoms with Crippen LogP contribution in [-0.4, -0.2) is 34.4 Å². The molecule has 5 heteroatoms. The minimum atomic E-state index is -0.0841. The van der Waals surface area contributed by atoms with E-state index in [4.69, 9.17) is 0 Å². The molecule has 2 aromatic carbocycles. The Bertz CT molecular complexity index is 1090. The monoisotopic (exact) mass is 384 g/mol. The number of carbonyl (C=O) groups excluding carboxylic acids is 1. The van der Waals surface area contributed by atoms with E-state index in [1.807, 2.05) is 42.5 Å². The molecule has 0 bridgehead atoms. The number of benzene rings is 2. The van der Waals surface area contributed by atoms with Crippen molar-refractivity contribution in [2.24, 2.45) is 0 Å². The van der Waals surface area contributed by atoms with Crippen LogP contribution in [0.1, 0.15) is 21.6 Å². The molecule has 0 aliphatic rings. The molecule has 0 saturated carbocycles. The molecule has 0 atom stereocenters. The predicted molar refractivity (Wildman–Crippen MR) is 117 cm³/mol. The lowest BCUT2D eigenvalue weighted by molar-refractivity contribution is 0.0779. The molecular formula is C24H24N4O. The maximum Gasteiger partial charge on any atom is 0.272 e. The summed E-state index contributed by atoms with van der Waals surface area (Å²) in [6.45, 7) is 1.36. The number of nitrogens with one attached hydrogen (secondary N) is 2. The zero-order valence-electron chi connectivity index (χ0n) is 16.4. The highest BCUT2D eigenvalue weighted by Gasteiger charge is 2.13. The summed E-state index contributed by atoms with van der Waals surface area (Å²) >= 11 is 0. The Labute approximate surface area is 170 Å². The second kappa shape index (κ2) is 8.61. The van der Waals surface area contributed by atoms with Gasteiger partial charge in [-0.3, -0.25) is 4.79 Å². The van der Waals surface area contributed by atoms with Crippen molar-refractivity contribution in [1.82, 2.24) is 14.9 Å². The molecular weight excluding hydrogens is 360 g/mol. The first-order valence-corrected chi connectivity index (χ1v) is 9.75. The Hall–Kier alpha value is -3.60. The van der Waals surface area contributed by atoms with E-state index in [9.17, 15) is 4.79 Å². The van der Waals surface area contributed by atoms with Gasteiger partial charge in [-0.2, -0.15) is 0 Å². The van der Waals surface area contributed by atoms with Crippen LogP contribution < -0.4 is 5.32 Å². The van der Waals surface area contributed by atoms with Gasteiger partial charge < -0.3 is 15.2 Å². The summed E-state index contributed by atoms with van der Waals surface area (Å²) in [6, 6.07) is 21.9. The number of hydrogen-bond donors (Lipinski definition) is 2. The number of para-hydroxylation sites is 1. The highest BCUT2D eigenvalue weighted by molar-refractivity contribution is 5.92. The van der Waals surface area contributed by atoms with Gasteiger partial charge in [0.15, 0.2) is 0 Å². The van der Waals surface area contributed by atoms with E-state index in [-0.39, 0.29) is 5.91 Å². The minimum absolute atomic E-state index is 0.0841. The van der Waals surface area contributed by atoms with Gasteiger partial charge in [0.1, 0.15) is 5.69 Å². The molecule has 2 aromatic heterocycles. The van der Waals surface area contributed by atoms with Gasteiger partial charge in [0, 0.05) is 37.2 Å². The number of anilines is 1. The van der Waals surface area contributed by atoms with Crippen LogP contribution >= 0.6 is 0 Å². The third kappa shape index (κ3) is 4.46. The van der Waals surface area contributed by atoms with E-state index in [1.54, 1.807) is 24.2 Å². The number of fused-ring (bicyclic) bond motifs is 1. The van der Waals surface area contributed by atoms with Crippen LogP contribution in [0.2, 0.25) is 0 Å². The van der Waals surface area contributed by atoms with Gasteiger partial charge >= 0.3 is 0 Å². The SMILES string of the molecule is CN(Cc1ccccc1)C(=O)c1ccc(NCCc2c[nH]c3ccccc23)cn1. The highest BCUT2D eigenvalue weighted by atomic mass is 16.2. The van der Waals surface area contributed by atoms with Crippen molar-refractivity contribution in [2.45, 2.75) is 13.0 Å². The Kier molecular flexibility index (Phi) is 5.56. The topological polar surface area (TPSA) is 61.0 Å². The number of carbonyl (C=O) groups is 1. The van der Waals surface area contributed by atoms with Crippen LogP contribution in [0, 0.1) is 0 Å². The van der Waals surface area contributed by atoms with E-state index >= 15 is 0 Å². The van der Waals surface area contributed by atoms with Crippen LogP contribution in [0.3, 0.4) is 0 Å². The van der Waals surface area contributed by atoms with Gasteiger partial charge in [-0.15, -0.1) is 0 Å². The molecule has 0 spiro atoms. The van der Waals surface area contributed by atoms with Gasteiger partial charge in [0.25, 0.3) is 5.91 Å². The number of amides is 1. The molecule has 2 heterocycles. The molecule has 0 fully saturated rings. The summed E-state index contributed by atoms with van der Waals surface area (Å²) in [6.07, 6.45) is 4.69. The molecule has 0 aliphatic carbocycles. The molecule has 2 N–H and O–H groups in total. The maximum atomic E-state index is 12.6. The lowest BCUT2D eigenvalue weighted by Gasteiger charge is -2.17. The van der Waals surface area contributed by atoms with Crippen LogP contribution in [-0.2, 0) is 13.0 Å². The number of aromatic amines is 1. The molecule has 4 rings (SSSR count). The average Bonchev–Trinajstić information content (AvgIpc) is 3.18. The summed E-state index contributed by atoms with van der Waals surface area (Å²) in [5.41, 5.74) is 4.90. The zero-order chi connectivity index (χ0) is 20.1. The third-order valence-corrected chi connectivity index (χ3v) is 4.99. The fourth-order valence-corrected chi connectivity index (χ4v) is 3.43. The fourth-order valence-electron chi connectivity index (χ4n) is 3.43. The number of pyridine rings is 1. The largest absolute Gasteiger partial charge is 0.383 e. The summed E-state index contributed by atoms with van der Waals surface area (Å²) in [5.74, 6) is -0.0841. The Morgan fingerprint density at radius 1 is 1.03 bits per heavy atom. The van der Waals surface area contributed by atoms with Crippen molar-refractivity contribution in [3.8, 4) is 0 Å². The van der Waals surface area contributed by atoms with Crippen molar-refractivity contribution in [1.29, 1.82) is 0 Å². The molecule has 29 heavy (non-hydrogen) atoms. The normalized spacial score (nSPS) is 10.8. The van der Waals surface area contributed by atoms with Crippen LogP contribution in [0.5, 0.6) is 0 Å².